The second-order valence-corrected chi connectivity index (χ2v) is 6.07. The Hall–Kier alpha value is -1.51. The number of phenols is 1. The van der Waals surface area contributed by atoms with Crippen LogP contribution in [0.1, 0.15) is 49.4 Å². The van der Waals surface area contributed by atoms with Crippen LogP contribution in [0.15, 0.2) is 42.5 Å². The van der Waals surface area contributed by atoms with Gasteiger partial charge >= 0.3 is 0 Å². The molecule has 1 unspecified atom stereocenters. The van der Waals surface area contributed by atoms with Crippen LogP contribution in [0, 0.1) is 0 Å². The molecule has 2 rings (SSSR count). The summed E-state index contributed by atoms with van der Waals surface area (Å²) in [4.78, 5) is 0. The first kappa shape index (κ1) is 15.9. The quantitative estimate of drug-likeness (QED) is 0.813. The van der Waals surface area contributed by atoms with Crippen LogP contribution in [0.2, 0.25) is 5.02 Å². The molecule has 0 aromatic heterocycles. The first-order valence-corrected chi connectivity index (χ1v) is 7.66. The van der Waals surface area contributed by atoms with Crippen molar-refractivity contribution >= 4 is 11.6 Å². The molecule has 0 saturated heterocycles. The van der Waals surface area contributed by atoms with E-state index in [-0.39, 0.29) is 11.8 Å². The Morgan fingerprint density at radius 1 is 1.00 bits per heavy atom. The topological polar surface area (TPSA) is 32.3 Å². The number of hydrogen-bond donors (Lipinski definition) is 2. The Morgan fingerprint density at radius 2 is 1.62 bits per heavy atom. The summed E-state index contributed by atoms with van der Waals surface area (Å²) in [5.74, 6) is 0.778. The first-order valence-electron chi connectivity index (χ1n) is 7.28. The zero-order chi connectivity index (χ0) is 15.4. The summed E-state index contributed by atoms with van der Waals surface area (Å²) in [5, 5.41) is 13.8. The highest BCUT2D eigenvalue weighted by molar-refractivity contribution is 6.31. The molecule has 0 spiro atoms. The lowest BCUT2D eigenvalue weighted by atomic mass is 9.99. The van der Waals surface area contributed by atoms with Crippen molar-refractivity contribution in [2.24, 2.45) is 0 Å². The predicted molar refractivity (Wildman–Crippen MR) is 88.9 cm³/mol. The minimum Gasteiger partial charge on any atom is -0.508 e. The SMILES string of the molecule is CC(C)c1ccc(C(C)NCc2c(O)cccc2Cl)cc1. The molecule has 0 saturated carbocycles. The maximum Gasteiger partial charge on any atom is 0.121 e. The van der Waals surface area contributed by atoms with Gasteiger partial charge in [0.15, 0.2) is 0 Å². The summed E-state index contributed by atoms with van der Waals surface area (Å²) in [6.45, 7) is 7.03. The van der Waals surface area contributed by atoms with Crippen LogP contribution < -0.4 is 5.32 Å². The van der Waals surface area contributed by atoms with Gasteiger partial charge in [-0.05, 0) is 36.1 Å². The number of nitrogens with one attached hydrogen (secondary N) is 1. The van der Waals surface area contributed by atoms with Crippen molar-refractivity contribution < 1.29 is 5.11 Å². The van der Waals surface area contributed by atoms with Crippen LogP contribution in [-0.2, 0) is 6.54 Å². The van der Waals surface area contributed by atoms with Crippen LogP contribution in [0.4, 0.5) is 0 Å². The lowest BCUT2D eigenvalue weighted by molar-refractivity contribution is 0.460. The number of benzene rings is 2. The molecule has 112 valence electrons. The molecule has 0 heterocycles. The maximum absolute atomic E-state index is 9.85. The normalized spacial score (nSPS) is 12.6. The number of halogens is 1. The van der Waals surface area contributed by atoms with Gasteiger partial charge in [-0.1, -0.05) is 55.8 Å². The van der Waals surface area contributed by atoms with E-state index < -0.39 is 0 Å². The lowest BCUT2D eigenvalue weighted by Gasteiger charge is -2.16. The fourth-order valence-electron chi connectivity index (χ4n) is 2.26. The van der Waals surface area contributed by atoms with Crippen molar-refractivity contribution in [1.82, 2.24) is 5.32 Å². The molecule has 0 amide bonds. The summed E-state index contributed by atoms with van der Waals surface area (Å²) < 4.78 is 0. The van der Waals surface area contributed by atoms with Crippen molar-refractivity contribution in [3.63, 3.8) is 0 Å². The van der Waals surface area contributed by atoms with Gasteiger partial charge in [-0.2, -0.15) is 0 Å². The molecule has 1 atom stereocenters. The largest absolute Gasteiger partial charge is 0.508 e. The summed E-state index contributed by atoms with van der Waals surface area (Å²) in [6.07, 6.45) is 0. The molecule has 2 aromatic rings. The molecule has 2 nitrogen and oxygen atoms in total. The van der Waals surface area contributed by atoms with Crippen molar-refractivity contribution in [3.05, 3.63) is 64.2 Å². The van der Waals surface area contributed by atoms with E-state index in [1.165, 1.54) is 11.1 Å². The molecule has 0 aliphatic rings. The molecule has 0 aliphatic carbocycles. The second-order valence-electron chi connectivity index (χ2n) is 5.66. The van der Waals surface area contributed by atoms with Crippen LogP contribution in [0.5, 0.6) is 5.75 Å². The molecular formula is C18H22ClNO. The molecule has 2 N–H and O–H groups in total. The van der Waals surface area contributed by atoms with Crippen molar-refractivity contribution in [3.8, 4) is 5.75 Å². The summed E-state index contributed by atoms with van der Waals surface area (Å²) >= 11 is 6.11. The third-order valence-electron chi connectivity index (χ3n) is 3.78. The van der Waals surface area contributed by atoms with Crippen LogP contribution in [-0.4, -0.2) is 5.11 Å². The van der Waals surface area contributed by atoms with Gasteiger partial charge in [0, 0.05) is 23.2 Å². The highest BCUT2D eigenvalue weighted by Crippen LogP contribution is 2.26. The van der Waals surface area contributed by atoms with Gasteiger partial charge in [-0.15, -0.1) is 0 Å². The fraction of sp³-hybridized carbons (Fsp3) is 0.333. The maximum atomic E-state index is 9.85. The summed E-state index contributed by atoms with van der Waals surface area (Å²) in [7, 11) is 0. The monoisotopic (exact) mass is 303 g/mol. The molecule has 0 fully saturated rings. The van der Waals surface area contributed by atoms with Gasteiger partial charge in [-0.3, -0.25) is 0 Å². The molecular weight excluding hydrogens is 282 g/mol. The zero-order valence-corrected chi connectivity index (χ0v) is 13.5. The van der Waals surface area contributed by atoms with Gasteiger partial charge in [0.05, 0.1) is 0 Å². The average Bonchev–Trinajstić information content (AvgIpc) is 2.46. The van der Waals surface area contributed by atoms with Crippen molar-refractivity contribution in [2.75, 3.05) is 0 Å². The highest BCUT2D eigenvalue weighted by atomic mass is 35.5. The van der Waals surface area contributed by atoms with Gasteiger partial charge in [-0.25, -0.2) is 0 Å². The Morgan fingerprint density at radius 3 is 2.19 bits per heavy atom. The van der Waals surface area contributed by atoms with Crippen molar-refractivity contribution in [1.29, 1.82) is 0 Å². The van der Waals surface area contributed by atoms with E-state index in [1.54, 1.807) is 18.2 Å². The standard InChI is InChI=1S/C18H22ClNO/c1-12(2)14-7-9-15(10-8-14)13(3)20-11-16-17(19)5-4-6-18(16)21/h4-10,12-13,20-21H,11H2,1-3H3. The zero-order valence-electron chi connectivity index (χ0n) is 12.7. The summed E-state index contributed by atoms with van der Waals surface area (Å²) in [5.41, 5.74) is 3.31. The van der Waals surface area contributed by atoms with E-state index in [4.69, 9.17) is 11.6 Å². The molecule has 0 bridgehead atoms. The van der Waals surface area contributed by atoms with E-state index in [0.29, 0.717) is 17.5 Å². The molecule has 2 aromatic carbocycles. The average molecular weight is 304 g/mol. The van der Waals surface area contributed by atoms with Crippen LogP contribution >= 0.6 is 11.6 Å². The lowest BCUT2D eigenvalue weighted by Crippen LogP contribution is -2.18. The van der Waals surface area contributed by atoms with Gasteiger partial charge in [0.2, 0.25) is 0 Å². The number of aromatic hydroxyl groups is 1. The van der Waals surface area contributed by atoms with E-state index in [9.17, 15) is 5.11 Å². The fourth-order valence-corrected chi connectivity index (χ4v) is 2.50. The van der Waals surface area contributed by atoms with Gasteiger partial charge in [0.1, 0.15) is 5.75 Å². The molecule has 3 heteroatoms. The third-order valence-corrected chi connectivity index (χ3v) is 4.14. The van der Waals surface area contributed by atoms with E-state index in [1.807, 2.05) is 0 Å². The number of phenolic OH excluding ortho intramolecular Hbond substituents is 1. The Balaban J connectivity index is 2.03. The second kappa shape index (κ2) is 6.97. The third kappa shape index (κ3) is 3.99. The van der Waals surface area contributed by atoms with Crippen molar-refractivity contribution in [2.45, 2.75) is 39.3 Å². The Kier molecular flexibility index (Phi) is 5.27. The smallest absolute Gasteiger partial charge is 0.121 e. The minimum atomic E-state index is 0.196. The van der Waals surface area contributed by atoms with E-state index in [2.05, 4.69) is 50.4 Å². The number of hydrogen-bond acceptors (Lipinski definition) is 2. The Bertz CT molecular complexity index is 572. The minimum absolute atomic E-state index is 0.196. The highest BCUT2D eigenvalue weighted by Gasteiger charge is 2.10. The van der Waals surface area contributed by atoms with Crippen LogP contribution in [0.3, 0.4) is 0 Å². The predicted octanol–water partition coefficient (Wildman–Crippen LogP) is 5.02. The van der Waals surface area contributed by atoms with Gasteiger partial charge < -0.3 is 10.4 Å². The Labute approximate surface area is 131 Å². The summed E-state index contributed by atoms with van der Waals surface area (Å²) in [6, 6.07) is 14.0. The van der Waals surface area contributed by atoms with Gasteiger partial charge in [0.25, 0.3) is 0 Å². The van der Waals surface area contributed by atoms with E-state index >= 15 is 0 Å². The molecule has 21 heavy (non-hydrogen) atoms. The molecule has 0 aliphatic heterocycles. The van der Waals surface area contributed by atoms with Crippen LogP contribution in [0.25, 0.3) is 0 Å². The number of rotatable bonds is 5. The van der Waals surface area contributed by atoms with E-state index in [0.717, 1.165) is 5.56 Å². The molecule has 0 radical (unpaired) electrons. The first-order chi connectivity index (χ1) is 9.99.